The van der Waals surface area contributed by atoms with Crippen molar-refractivity contribution in [2.75, 3.05) is 0 Å². The smallest absolute Gasteiger partial charge is 0.367 e. The first kappa shape index (κ1) is 25.0. The van der Waals surface area contributed by atoms with E-state index in [0.29, 0.717) is 17.1 Å². The predicted octanol–water partition coefficient (Wildman–Crippen LogP) is 6.05. The molecule has 0 unspecified atom stereocenters. The number of rotatable bonds is 7. The van der Waals surface area contributed by atoms with E-state index in [0.717, 1.165) is 6.08 Å². The minimum Gasteiger partial charge on any atom is -0.457 e. The van der Waals surface area contributed by atoms with Crippen molar-refractivity contribution in [1.82, 2.24) is 0 Å². The number of nitriles is 1. The fourth-order valence-corrected chi connectivity index (χ4v) is 3.72. The summed E-state index contributed by atoms with van der Waals surface area (Å²) in [6, 6.07) is 17.9. The summed E-state index contributed by atoms with van der Waals surface area (Å²) in [5.41, 5.74) is -1.01. The van der Waals surface area contributed by atoms with E-state index in [2.05, 4.69) is 0 Å². The molecule has 0 amide bonds. The Labute approximate surface area is 198 Å². The second-order valence-electron chi connectivity index (χ2n) is 9.77. The van der Waals surface area contributed by atoms with Gasteiger partial charge in [-0.3, -0.25) is 4.79 Å². The molecule has 0 bridgehead atoms. The van der Waals surface area contributed by atoms with E-state index in [1.54, 1.807) is 71.0 Å². The van der Waals surface area contributed by atoms with Crippen molar-refractivity contribution in [3.05, 3.63) is 72.1 Å². The summed E-state index contributed by atoms with van der Waals surface area (Å²) in [6.07, 6.45) is -0.0565. The minimum atomic E-state index is -1.16. The summed E-state index contributed by atoms with van der Waals surface area (Å²) >= 11 is 0. The van der Waals surface area contributed by atoms with E-state index in [1.807, 2.05) is 24.3 Å². The maximum Gasteiger partial charge on any atom is 0.367 e. The van der Waals surface area contributed by atoms with Gasteiger partial charge in [-0.15, -0.1) is 0 Å². The molecule has 6 nitrogen and oxygen atoms in total. The summed E-state index contributed by atoms with van der Waals surface area (Å²) in [4.78, 5) is 24.8. The molecule has 0 N–H and O–H groups in total. The van der Waals surface area contributed by atoms with Crippen LogP contribution in [0.2, 0.25) is 0 Å². The van der Waals surface area contributed by atoms with E-state index in [1.165, 1.54) is 0 Å². The van der Waals surface area contributed by atoms with Gasteiger partial charge >= 0.3 is 11.9 Å². The Morgan fingerprint density at radius 3 is 2.35 bits per heavy atom. The van der Waals surface area contributed by atoms with Crippen molar-refractivity contribution in [1.29, 1.82) is 5.26 Å². The van der Waals surface area contributed by atoms with Gasteiger partial charge in [0.2, 0.25) is 11.9 Å². The third-order valence-corrected chi connectivity index (χ3v) is 5.58. The van der Waals surface area contributed by atoms with E-state index < -0.39 is 46.7 Å². The molecular formula is C27H28FNO5. The number of hydrogen-bond donors (Lipinski definition) is 0. The molecule has 7 heteroatoms. The molecule has 1 aliphatic carbocycles. The van der Waals surface area contributed by atoms with E-state index >= 15 is 0 Å². The van der Waals surface area contributed by atoms with Gasteiger partial charge in [0.25, 0.3) is 0 Å². The Morgan fingerprint density at radius 2 is 1.74 bits per heavy atom. The second-order valence-corrected chi connectivity index (χ2v) is 9.77. The van der Waals surface area contributed by atoms with Gasteiger partial charge in [-0.25, -0.2) is 4.79 Å². The lowest BCUT2D eigenvalue weighted by atomic mass is 10.1. The summed E-state index contributed by atoms with van der Waals surface area (Å²) < 4.78 is 30.7. The number of nitrogens with zero attached hydrogens (tertiary/aromatic N) is 1. The average Bonchev–Trinajstić information content (AvgIpc) is 3.31. The largest absolute Gasteiger partial charge is 0.457 e. The molecule has 2 aromatic rings. The fraction of sp³-hybridized carbons (Fsp3) is 0.370. The zero-order valence-electron chi connectivity index (χ0n) is 19.9. The average molecular weight is 466 g/mol. The van der Waals surface area contributed by atoms with Crippen molar-refractivity contribution in [3.8, 4) is 17.6 Å². The van der Waals surface area contributed by atoms with E-state index in [-0.39, 0.29) is 0 Å². The highest BCUT2D eigenvalue weighted by Crippen LogP contribution is 2.60. The van der Waals surface area contributed by atoms with Crippen LogP contribution in [0.5, 0.6) is 11.5 Å². The SMILES string of the molecule is CC(C)(C)OC(=O)/C(F)=C\[C@H]1[C@@H](C(=O)O[C@H](C#N)c2cccc(Oc3ccccc3)c2)C1(C)C. The number of para-hydroxylation sites is 1. The number of halogens is 1. The molecule has 0 aromatic heterocycles. The van der Waals surface area contributed by atoms with Crippen molar-refractivity contribution in [2.24, 2.45) is 17.3 Å². The zero-order valence-corrected chi connectivity index (χ0v) is 19.9. The van der Waals surface area contributed by atoms with Crippen LogP contribution in [-0.4, -0.2) is 17.5 Å². The number of esters is 2. The van der Waals surface area contributed by atoms with Crippen LogP contribution in [0.15, 0.2) is 66.5 Å². The Bertz CT molecular complexity index is 1130. The molecule has 1 saturated carbocycles. The first-order valence-corrected chi connectivity index (χ1v) is 11.0. The quantitative estimate of drug-likeness (QED) is 0.365. The van der Waals surface area contributed by atoms with Crippen LogP contribution in [0.4, 0.5) is 4.39 Å². The highest BCUT2D eigenvalue weighted by atomic mass is 19.1. The first-order valence-electron chi connectivity index (χ1n) is 11.0. The monoisotopic (exact) mass is 465 g/mol. The van der Waals surface area contributed by atoms with Gasteiger partial charge in [0, 0.05) is 5.56 Å². The maximum atomic E-state index is 14.4. The Morgan fingerprint density at radius 1 is 1.09 bits per heavy atom. The van der Waals surface area contributed by atoms with Crippen molar-refractivity contribution in [3.63, 3.8) is 0 Å². The van der Waals surface area contributed by atoms with Gasteiger partial charge in [-0.1, -0.05) is 44.2 Å². The van der Waals surface area contributed by atoms with Gasteiger partial charge in [-0.2, -0.15) is 9.65 Å². The van der Waals surface area contributed by atoms with E-state index in [4.69, 9.17) is 14.2 Å². The first-order chi connectivity index (χ1) is 15.9. The van der Waals surface area contributed by atoms with Gasteiger partial charge < -0.3 is 14.2 Å². The molecule has 0 radical (unpaired) electrons. The minimum absolute atomic E-state index is 0.453. The molecular weight excluding hydrogens is 437 g/mol. The Hall–Kier alpha value is -3.66. The molecule has 1 aliphatic rings. The molecule has 2 aromatic carbocycles. The third-order valence-electron chi connectivity index (χ3n) is 5.58. The van der Waals surface area contributed by atoms with Gasteiger partial charge in [0.05, 0.1) is 5.92 Å². The summed E-state index contributed by atoms with van der Waals surface area (Å²) in [5.74, 6) is -2.89. The number of carbonyl (C=O) groups is 2. The van der Waals surface area contributed by atoms with Crippen molar-refractivity contribution >= 4 is 11.9 Å². The molecule has 178 valence electrons. The summed E-state index contributed by atoms with van der Waals surface area (Å²) in [6.45, 7) is 8.47. The summed E-state index contributed by atoms with van der Waals surface area (Å²) in [7, 11) is 0. The van der Waals surface area contributed by atoms with E-state index in [9.17, 15) is 19.2 Å². The number of carbonyl (C=O) groups excluding carboxylic acids is 2. The van der Waals surface area contributed by atoms with Crippen LogP contribution in [-0.2, 0) is 19.1 Å². The molecule has 34 heavy (non-hydrogen) atoms. The van der Waals surface area contributed by atoms with Gasteiger partial charge in [0.1, 0.15) is 23.2 Å². The Kier molecular flexibility index (Phi) is 7.11. The second kappa shape index (κ2) is 9.68. The fourth-order valence-electron chi connectivity index (χ4n) is 3.72. The van der Waals surface area contributed by atoms with Crippen LogP contribution in [0.25, 0.3) is 0 Å². The highest BCUT2D eigenvalue weighted by Gasteiger charge is 2.62. The maximum absolute atomic E-state index is 14.4. The van der Waals surface area contributed by atoms with Crippen LogP contribution < -0.4 is 4.74 Å². The number of allylic oxidation sites excluding steroid dienone is 1. The number of ether oxygens (including phenoxy) is 3. The third kappa shape index (κ3) is 6.02. The predicted molar refractivity (Wildman–Crippen MR) is 123 cm³/mol. The lowest BCUT2D eigenvalue weighted by Crippen LogP contribution is -2.24. The van der Waals surface area contributed by atoms with Crippen LogP contribution in [0, 0.1) is 28.6 Å². The van der Waals surface area contributed by atoms with Gasteiger partial charge in [0.15, 0.2) is 0 Å². The van der Waals surface area contributed by atoms with Crippen LogP contribution in [0.3, 0.4) is 0 Å². The van der Waals surface area contributed by atoms with Crippen LogP contribution in [0.1, 0.15) is 46.3 Å². The number of hydrogen-bond acceptors (Lipinski definition) is 6. The molecule has 3 atom stereocenters. The molecule has 0 saturated heterocycles. The lowest BCUT2D eigenvalue weighted by Gasteiger charge is -2.18. The van der Waals surface area contributed by atoms with Gasteiger partial charge in [-0.05, 0) is 62.4 Å². The Balaban J connectivity index is 1.69. The lowest BCUT2D eigenvalue weighted by molar-refractivity contribution is -0.152. The van der Waals surface area contributed by atoms with Crippen molar-refractivity contribution in [2.45, 2.75) is 46.3 Å². The molecule has 0 heterocycles. The van der Waals surface area contributed by atoms with Crippen molar-refractivity contribution < 1.29 is 28.2 Å². The highest BCUT2D eigenvalue weighted by molar-refractivity contribution is 5.87. The topological polar surface area (TPSA) is 85.6 Å². The molecule has 0 spiro atoms. The zero-order chi connectivity index (χ0) is 25.1. The normalized spacial score (nSPS) is 20.0. The molecule has 1 fully saturated rings. The summed E-state index contributed by atoms with van der Waals surface area (Å²) in [5, 5.41) is 9.63. The molecule has 0 aliphatic heterocycles. The standard InChI is InChI=1S/C27H28FNO5/c1-26(2,3)34-24(30)21(28)15-20-23(27(20,4)5)25(31)33-22(16-29)17-10-9-13-19(14-17)32-18-11-7-6-8-12-18/h6-15,20,22-23H,1-5H3/b21-15+/t20-,22+,23-/m0/s1. The van der Waals surface area contributed by atoms with Crippen LogP contribution >= 0.6 is 0 Å². The number of benzene rings is 2. The molecule has 3 rings (SSSR count).